The summed E-state index contributed by atoms with van der Waals surface area (Å²) in [4.78, 5) is 25.3. The Morgan fingerprint density at radius 3 is 2.04 bits per heavy atom. The molecule has 1 N–H and O–H groups in total. The summed E-state index contributed by atoms with van der Waals surface area (Å²) in [5.41, 5.74) is -0.659. The molecule has 0 bridgehead atoms. The number of nitrogens with zero attached hydrogens (tertiary/aromatic N) is 1. The highest BCUT2D eigenvalue weighted by atomic mass is 28.4. The highest BCUT2D eigenvalue weighted by Crippen LogP contribution is 2.38. The molecular weight excluding hydrogens is 326 g/mol. The second kappa shape index (κ2) is 7.04. The monoisotopic (exact) mass is 359 g/mol. The lowest BCUT2D eigenvalue weighted by molar-refractivity contribution is -0.145. The SMILES string of the molecule is CC(C)(C)OC(=O)N1C[C@H](O[Si](C)(C)C(C)(C)C)CC[C@@H]1C(=O)O. The molecule has 140 valence electrons. The number of hydrogen-bond acceptors (Lipinski definition) is 4. The van der Waals surface area contributed by atoms with Crippen molar-refractivity contribution in [3.05, 3.63) is 0 Å². The minimum atomic E-state index is -1.98. The Labute approximate surface area is 146 Å². The van der Waals surface area contributed by atoms with Crippen LogP contribution >= 0.6 is 0 Å². The lowest BCUT2D eigenvalue weighted by Gasteiger charge is -2.44. The van der Waals surface area contributed by atoms with Crippen molar-refractivity contribution < 1.29 is 23.9 Å². The van der Waals surface area contributed by atoms with Crippen molar-refractivity contribution in [3.8, 4) is 0 Å². The number of amides is 1. The highest BCUT2D eigenvalue weighted by Gasteiger charge is 2.43. The Kier molecular flexibility index (Phi) is 6.14. The van der Waals surface area contributed by atoms with Gasteiger partial charge < -0.3 is 14.3 Å². The Morgan fingerprint density at radius 1 is 1.08 bits per heavy atom. The molecule has 0 aromatic carbocycles. The molecule has 0 saturated carbocycles. The summed E-state index contributed by atoms with van der Waals surface area (Å²) in [6.07, 6.45) is 0.295. The molecule has 0 aromatic rings. The fourth-order valence-corrected chi connectivity index (χ4v) is 3.79. The fraction of sp³-hybridized carbons (Fsp3) is 0.882. The summed E-state index contributed by atoms with van der Waals surface area (Å²) < 4.78 is 11.8. The normalized spacial score (nSPS) is 23.1. The zero-order valence-corrected chi connectivity index (χ0v) is 17.3. The molecular formula is C17H33NO5Si. The summed E-state index contributed by atoms with van der Waals surface area (Å²) in [5.74, 6) is -0.994. The van der Waals surface area contributed by atoms with Crippen molar-refractivity contribution in [1.82, 2.24) is 4.90 Å². The number of ether oxygens (including phenoxy) is 1. The van der Waals surface area contributed by atoms with Crippen molar-refractivity contribution in [2.24, 2.45) is 0 Å². The molecule has 1 saturated heterocycles. The molecule has 0 radical (unpaired) electrons. The average molecular weight is 360 g/mol. The van der Waals surface area contributed by atoms with Crippen LogP contribution < -0.4 is 0 Å². The van der Waals surface area contributed by atoms with Crippen LogP contribution in [0.1, 0.15) is 54.4 Å². The van der Waals surface area contributed by atoms with Gasteiger partial charge in [-0.1, -0.05) is 20.8 Å². The van der Waals surface area contributed by atoms with Gasteiger partial charge in [0.25, 0.3) is 0 Å². The van der Waals surface area contributed by atoms with Gasteiger partial charge in [0.15, 0.2) is 8.32 Å². The zero-order valence-electron chi connectivity index (χ0n) is 16.3. The van der Waals surface area contributed by atoms with E-state index in [-0.39, 0.29) is 17.7 Å². The van der Waals surface area contributed by atoms with Crippen LogP contribution in [0.25, 0.3) is 0 Å². The van der Waals surface area contributed by atoms with Gasteiger partial charge in [-0.3, -0.25) is 4.90 Å². The molecule has 0 unspecified atom stereocenters. The van der Waals surface area contributed by atoms with Gasteiger partial charge in [-0.05, 0) is 51.7 Å². The van der Waals surface area contributed by atoms with E-state index in [4.69, 9.17) is 9.16 Å². The number of piperidine rings is 1. The first-order valence-electron chi connectivity index (χ1n) is 8.54. The predicted molar refractivity (Wildman–Crippen MR) is 95.7 cm³/mol. The molecule has 1 heterocycles. The maximum absolute atomic E-state index is 12.4. The van der Waals surface area contributed by atoms with Crippen LogP contribution in [-0.2, 0) is 14.0 Å². The first-order valence-corrected chi connectivity index (χ1v) is 11.4. The second-order valence-electron chi connectivity index (χ2n) is 9.06. The Hall–Kier alpha value is -1.08. The molecule has 1 rings (SSSR count). The average Bonchev–Trinajstić information content (AvgIpc) is 2.34. The van der Waals surface area contributed by atoms with Gasteiger partial charge in [0.1, 0.15) is 11.6 Å². The number of carboxylic acids is 1. The van der Waals surface area contributed by atoms with Gasteiger partial charge >= 0.3 is 12.1 Å². The van der Waals surface area contributed by atoms with E-state index in [0.29, 0.717) is 12.8 Å². The molecule has 7 heteroatoms. The van der Waals surface area contributed by atoms with E-state index >= 15 is 0 Å². The van der Waals surface area contributed by atoms with E-state index in [1.165, 1.54) is 4.90 Å². The maximum atomic E-state index is 12.4. The van der Waals surface area contributed by atoms with Gasteiger partial charge in [-0.15, -0.1) is 0 Å². The number of hydrogen-bond donors (Lipinski definition) is 1. The van der Waals surface area contributed by atoms with E-state index in [1.807, 2.05) is 0 Å². The summed E-state index contributed by atoms with van der Waals surface area (Å²) in [7, 11) is -1.98. The van der Waals surface area contributed by atoms with Gasteiger partial charge in [-0.25, -0.2) is 9.59 Å². The fourth-order valence-electron chi connectivity index (χ4n) is 2.41. The highest BCUT2D eigenvalue weighted by molar-refractivity contribution is 6.74. The first kappa shape index (κ1) is 21.0. The maximum Gasteiger partial charge on any atom is 0.411 e. The molecule has 0 aromatic heterocycles. The third kappa shape index (κ3) is 5.48. The van der Waals surface area contributed by atoms with Crippen LogP contribution in [0.3, 0.4) is 0 Å². The molecule has 2 atom stereocenters. The van der Waals surface area contributed by atoms with Crippen LogP contribution in [0.15, 0.2) is 0 Å². The predicted octanol–water partition coefficient (Wildman–Crippen LogP) is 3.86. The smallest absolute Gasteiger partial charge is 0.411 e. The lowest BCUT2D eigenvalue weighted by atomic mass is 10.0. The Bertz CT molecular complexity index is 478. The van der Waals surface area contributed by atoms with E-state index in [9.17, 15) is 14.7 Å². The number of carbonyl (C=O) groups excluding carboxylic acids is 1. The molecule has 0 spiro atoms. The molecule has 0 aliphatic carbocycles. The number of carboxylic acid groups (broad SMARTS) is 1. The van der Waals surface area contributed by atoms with Gasteiger partial charge in [0.2, 0.25) is 0 Å². The van der Waals surface area contributed by atoms with Gasteiger partial charge in [-0.2, -0.15) is 0 Å². The Morgan fingerprint density at radius 2 is 1.62 bits per heavy atom. The quantitative estimate of drug-likeness (QED) is 0.774. The van der Waals surface area contributed by atoms with Crippen molar-refractivity contribution in [3.63, 3.8) is 0 Å². The second-order valence-corrected chi connectivity index (χ2v) is 13.8. The van der Waals surface area contributed by atoms with Crippen LogP contribution in [0.4, 0.5) is 4.79 Å². The number of carbonyl (C=O) groups is 2. The molecule has 6 nitrogen and oxygen atoms in total. The number of rotatable bonds is 3. The van der Waals surface area contributed by atoms with E-state index in [0.717, 1.165) is 0 Å². The topological polar surface area (TPSA) is 76.1 Å². The minimum Gasteiger partial charge on any atom is -0.480 e. The zero-order chi connectivity index (χ0) is 18.9. The van der Waals surface area contributed by atoms with Crippen LogP contribution in [0, 0.1) is 0 Å². The largest absolute Gasteiger partial charge is 0.480 e. The van der Waals surface area contributed by atoms with Crippen molar-refractivity contribution >= 4 is 20.4 Å². The van der Waals surface area contributed by atoms with E-state index in [2.05, 4.69) is 33.9 Å². The number of aliphatic carboxylic acids is 1. The molecule has 24 heavy (non-hydrogen) atoms. The summed E-state index contributed by atoms with van der Waals surface area (Å²) in [6, 6.07) is -0.848. The van der Waals surface area contributed by atoms with Crippen LogP contribution in [-0.4, -0.2) is 54.7 Å². The van der Waals surface area contributed by atoms with E-state index in [1.54, 1.807) is 20.8 Å². The van der Waals surface area contributed by atoms with E-state index < -0.39 is 32.0 Å². The Balaban J connectivity index is 2.90. The van der Waals surface area contributed by atoms with Crippen LogP contribution in [0.5, 0.6) is 0 Å². The van der Waals surface area contributed by atoms with Crippen molar-refractivity contribution in [1.29, 1.82) is 0 Å². The summed E-state index contributed by atoms with van der Waals surface area (Å²) >= 11 is 0. The van der Waals surface area contributed by atoms with Gasteiger partial charge in [0.05, 0.1) is 6.10 Å². The molecule has 1 aliphatic rings. The van der Waals surface area contributed by atoms with Crippen molar-refractivity contribution in [2.45, 2.75) is 90.3 Å². The lowest BCUT2D eigenvalue weighted by Crippen LogP contribution is -2.56. The number of likely N-dealkylation sites (tertiary alicyclic amines) is 1. The standard InChI is InChI=1S/C17H33NO5Si/c1-16(2,3)22-15(21)18-11-12(9-10-13(18)14(19)20)23-24(7,8)17(4,5)6/h12-13H,9-11H2,1-8H3,(H,19,20)/t12-,13-/m1/s1. The first-order chi connectivity index (χ1) is 10.6. The summed E-state index contributed by atoms with van der Waals surface area (Å²) in [6.45, 7) is 16.4. The summed E-state index contributed by atoms with van der Waals surface area (Å²) in [5, 5.41) is 9.49. The molecule has 1 amide bonds. The molecule has 1 aliphatic heterocycles. The third-order valence-corrected chi connectivity index (χ3v) is 9.25. The minimum absolute atomic E-state index is 0.0629. The van der Waals surface area contributed by atoms with Crippen molar-refractivity contribution in [2.75, 3.05) is 6.54 Å². The van der Waals surface area contributed by atoms with Crippen LogP contribution in [0.2, 0.25) is 18.1 Å². The third-order valence-electron chi connectivity index (χ3n) is 4.72. The van der Waals surface area contributed by atoms with Gasteiger partial charge in [0, 0.05) is 6.54 Å². The molecule has 1 fully saturated rings.